The van der Waals surface area contributed by atoms with Crippen LogP contribution in [-0.2, 0) is 4.74 Å². The maximum Gasteiger partial charge on any atom is 0.158 e. The lowest BCUT2D eigenvalue weighted by Gasteiger charge is -2.47. The van der Waals surface area contributed by atoms with E-state index in [1.54, 1.807) is 0 Å². The zero-order chi connectivity index (χ0) is 12.1. The maximum atomic E-state index is 6.17. The highest BCUT2D eigenvalue weighted by atomic mass is 16.6. The minimum atomic E-state index is -0.0868. The largest absolute Gasteiger partial charge is 0.482 e. The van der Waals surface area contributed by atoms with Crippen molar-refractivity contribution in [2.45, 2.75) is 51.2 Å². The molecule has 1 aromatic carbocycles. The molecule has 1 fully saturated rings. The minimum Gasteiger partial charge on any atom is -0.482 e. The molecule has 2 rings (SSSR count). The van der Waals surface area contributed by atoms with E-state index in [1.165, 1.54) is 19.3 Å². The Morgan fingerprint density at radius 3 is 2.59 bits per heavy atom. The van der Waals surface area contributed by atoms with E-state index in [4.69, 9.17) is 9.47 Å². The average Bonchev–Trinajstić information content (AvgIpc) is 2.37. The van der Waals surface area contributed by atoms with Gasteiger partial charge in [0.15, 0.2) is 5.60 Å². The van der Waals surface area contributed by atoms with E-state index in [2.05, 4.69) is 13.8 Å². The molecule has 2 nitrogen and oxygen atoms in total. The third-order valence-electron chi connectivity index (χ3n) is 3.59. The molecule has 0 aliphatic carbocycles. The molecule has 1 saturated heterocycles. The Morgan fingerprint density at radius 2 is 2.06 bits per heavy atom. The Hall–Kier alpha value is -1.02. The van der Waals surface area contributed by atoms with E-state index >= 15 is 0 Å². The van der Waals surface area contributed by atoms with Gasteiger partial charge in [0, 0.05) is 0 Å². The van der Waals surface area contributed by atoms with Gasteiger partial charge in [-0.05, 0) is 31.9 Å². The second-order valence-electron chi connectivity index (χ2n) is 4.89. The molecular weight excluding hydrogens is 212 g/mol. The molecule has 0 N–H and O–H groups in total. The molecule has 0 bridgehead atoms. The molecule has 0 amide bonds. The summed E-state index contributed by atoms with van der Waals surface area (Å²) in [5.41, 5.74) is -0.0868. The van der Waals surface area contributed by atoms with Gasteiger partial charge in [-0.25, -0.2) is 0 Å². The van der Waals surface area contributed by atoms with Crippen LogP contribution in [0.2, 0.25) is 0 Å². The first-order valence-corrected chi connectivity index (χ1v) is 6.62. The van der Waals surface area contributed by atoms with Crippen LogP contribution in [0.15, 0.2) is 30.3 Å². The lowest BCUT2D eigenvalue weighted by atomic mass is 9.87. The van der Waals surface area contributed by atoms with E-state index < -0.39 is 0 Å². The van der Waals surface area contributed by atoms with Crippen molar-refractivity contribution in [2.75, 3.05) is 6.61 Å². The number of hydrogen-bond acceptors (Lipinski definition) is 2. The Bertz CT molecular complexity index is 336. The molecule has 0 saturated carbocycles. The number of unbranched alkanes of at least 4 members (excludes halogenated alkanes) is 2. The summed E-state index contributed by atoms with van der Waals surface area (Å²) in [6.45, 7) is 5.07. The maximum absolute atomic E-state index is 6.17. The second kappa shape index (κ2) is 5.54. The molecule has 17 heavy (non-hydrogen) atoms. The highest BCUT2D eigenvalue weighted by molar-refractivity contribution is 5.23. The molecule has 2 unspecified atom stereocenters. The van der Waals surface area contributed by atoms with Gasteiger partial charge in [-0.15, -0.1) is 0 Å². The van der Waals surface area contributed by atoms with Gasteiger partial charge >= 0.3 is 0 Å². The second-order valence-corrected chi connectivity index (χ2v) is 4.89. The van der Waals surface area contributed by atoms with Crippen molar-refractivity contribution < 1.29 is 9.47 Å². The number of hydrogen-bond donors (Lipinski definition) is 0. The van der Waals surface area contributed by atoms with E-state index in [9.17, 15) is 0 Å². The summed E-state index contributed by atoms with van der Waals surface area (Å²) in [7, 11) is 0. The molecule has 1 aromatic rings. The molecule has 94 valence electrons. The van der Waals surface area contributed by atoms with Crippen LogP contribution in [0.25, 0.3) is 0 Å². The van der Waals surface area contributed by atoms with Crippen LogP contribution in [0.5, 0.6) is 5.75 Å². The van der Waals surface area contributed by atoms with E-state index in [0.717, 1.165) is 18.8 Å². The summed E-state index contributed by atoms with van der Waals surface area (Å²) >= 11 is 0. The molecule has 1 heterocycles. The van der Waals surface area contributed by atoms with Crippen LogP contribution in [0.4, 0.5) is 0 Å². The third kappa shape index (κ3) is 2.81. The van der Waals surface area contributed by atoms with Gasteiger partial charge in [0.1, 0.15) is 5.75 Å². The van der Waals surface area contributed by atoms with Crippen molar-refractivity contribution in [3.8, 4) is 5.75 Å². The van der Waals surface area contributed by atoms with Crippen molar-refractivity contribution >= 4 is 0 Å². The molecular formula is C15H22O2. The molecule has 0 radical (unpaired) electrons. The van der Waals surface area contributed by atoms with Crippen LogP contribution in [0.3, 0.4) is 0 Å². The van der Waals surface area contributed by atoms with Crippen molar-refractivity contribution in [1.29, 1.82) is 0 Å². The van der Waals surface area contributed by atoms with Crippen LogP contribution in [0.1, 0.15) is 39.5 Å². The van der Waals surface area contributed by atoms with Crippen molar-refractivity contribution in [3.05, 3.63) is 30.3 Å². The van der Waals surface area contributed by atoms with E-state index in [1.807, 2.05) is 30.3 Å². The zero-order valence-electron chi connectivity index (χ0n) is 10.8. The van der Waals surface area contributed by atoms with Crippen molar-refractivity contribution in [1.82, 2.24) is 0 Å². The molecule has 1 aliphatic heterocycles. The van der Waals surface area contributed by atoms with Gasteiger partial charge in [0.25, 0.3) is 0 Å². The number of ether oxygens (including phenoxy) is 2. The summed E-state index contributed by atoms with van der Waals surface area (Å²) in [6, 6.07) is 10.1. The van der Waals surface area contributed by atoms with Gasteiger partial charge in [-0.1, -0.05) is 38.0 Å². The first kappa shape index (κ1) is 12.4. The molecule has 1 aliphatic rings. The Kier molecular flexibility index (Phi) is 4.06. The topological polar surface area (TPSA) is 18.5 Å². The summed E-state index contributed by atoms with van der Waals surface area (Å²) in [4.78, 5) is 0. The van der Waals surface area contributed by atoms with Crippen LogP contribution in [-0.4, -0.2) is 18.3 Å². The number of rotatable bonds is 6. The predicted octanol–water partition coefficient (Wildman–Crippen LogP) is 3.80. The summed E-state index contributed by atoms with van der Waals surface area (Å²) in [6.07, 6.45) is 5.04. The lowest BCUT2D eigenvalue weighted by Crippen LogP contribution is -2.60. The fourth-order valence-electron chi connectivity index (χ4n) is 2.27. The number of benzene rings is 1. The van der Waals surface area contributed by atoms with E-state index in [0.29, 0.717) is 0 Å². The number of para-hydroxylation sites is 1. The summed E-state index contributed by atoms with van der Waals surface area (Å²) in [5.74, 6) is 0.958. The smallest absolute Gasteiger partial charge is 0.158 e. The zero-order valence-corrected chi connectivity index (χ0v) is 10.8. The summed E-state index contributed by atoms with van der Waals surface area (Å²) in [5, 5.41) is 0. The highest BCUT2D eigenvalue weighted by Crippen LogP contribution is 2.35. The molecule has 0 spiro atoms. The SMILES string of the molecule is CCCCCC1(Oc2ccccc2)COC1C. The van der Waals surface area contributed by atoms with Gasteiger partial charge < -0.3 is 9.47 Å². The first-order chi connectivity index (χ1) is 8.27. The Labute approximate surface area is 104 Å². The molecule has 0 aromatic heterocycles. The Morgan fingerprint density at radius 1 is 1.29 bits per heavy atom. The van der Waals surface area contributed by atoms with E-state index in [-0.39, 0.29) is 11.7 Å². The van der Waals surface area contributed by atoms with Crippen LogP contribution in [0, 0.1) is 0 Å². The quantitative estimate of drug-likeness (QED) is 0.697. The Balaban J connectivity index is 1.97. The normalized spacial score (nSPS) is 27.5. The average molecular weight is 234 g/mol. The van der Waals surface area contributed by atoms with Crippen molar-refractivity contribution in [2.24, 2.45) is 0 Å². The van der Waals surface area contributed by atoms with Gasteiger partial charge in [-0.2, -0.15) is 0 Å². The van der Waals surface area contributed by atoms with Gasteiger partial charge in [0.2, 0.25) is 0 Å². The van der Waals surface area contributed by atoms with Gasteiger partial charge in [-0.3, -0.25) is 0 Å². The van der Waals surface area contributed by atoms with Crippen LogP contribution >= 0.6 is 0 Å². The first-order valence-electron chi connectivity index (χ1n) is 6.62. The monoisotopic (exact) mass is 234 g/mol. The predicted molar refractivity (Wildman–Crippen MR) is 69.4 cm³/mol. The lowest BCUT2D eigenvalue weighted by molar-refractivity contribution is -0.218. The standard InChI is InChI=1S/C15H22O2/c1-3-4-8-11-15(12-16-13(15)2)17-14-9-6-5-7-10-14/h5-7,9-10,13H,3-4,8,11-12H2,1-2H3. The van der Waals surface area contributed by atoms with Crippen molar-refractivity contribution in [3.63, 3.8) is 0 Å². The molecule has 2 heteroatoms. The van der Waals surface area contributed by atoms with Gasteiger partial charge in [0.05, 0.1) is 12.7 Å². The fourth-order valence-corrected chi connectivity index (χ4v) is 2.27. The summed E-state index contributed by atoms with van der Waals surface area (Å²) < 4.78 is 11.7. The minimum absolute atomic E-state index is 0.0868. The fraction of sp³-hybridized carbons (Fsp3) is 0.600. The van der Waals surface area contributed by atoms with Crippen LogP contribution < -0.4 is 4.74 Å². The highest BCUT2D eigenvalue weighted by Gasteiger charge is 2.47. The third-order valence-corrected chi connectivity index (χ3v) is 3.59. The molecule has 2 atom stereocenters.